The topological polar surface area (TPSA) is 90.5 Å². The van der Waals surface area contributed by atoms with E-state index < -0.39 is 0 Å². The van der Waals surface area contributed by atoms with Crippen LogP contribution in [-0.2, 0) is 4.79 Å². The molecular weight excluding hydrogens is 392 g/mol. The molecule has 0 aromatic heterocycles. The van der Waals surface area contributed by atoms with Crippen LogP contribution in [0.15, 0.2) is 48.5 Å². The van der Waals surface area contributed by atoms with E-state index in [9.17, 15) is 14.4 Å². The lowest BCUT2D eigenvalue weighted by Crippen LogP contribution is -2.32. The molecule has 3 rings (SSSR count). The van der Waals surface area contributed by atoms with E-state index in [4.69, 9.17) is 0 Å². The van der Waals surface area contributed by atoms with Crippen LogP contribution in [0.25, 0.3) is 0 Å². The Bertz CT molecular complexity index is 921. The van der Waals surface area contributed by atoms with E-state index >= 15 is 0 Å². The second-order valence-corrected chi connectivity index (χ2v) is 7.84. The molecule has 1 aliphatic rings. The van der Waals surface area contributed by atoms with Gasteiger partial charge in [0.25, 0.3) is 11.8 Å². The van der Waals surface area contributed by atoms with Crippen molar-refractivity contribution in [2.45, 2.75) is 39.2 Å². The number of nitrogens with one attached hydrogen (secondary N) is 3. The summed E-state index contributed by atoms with van der Waals surface area (Å²) in [6.07, 6.45) is 2.97. The number of amides is 3. The molecule has 31 heavy (non-hydrogen) atoms. The Labute approximate surface area is 183 Å². The summed E-state index contributed by atoms with van der Waals surface area (Å²) in [6.45, 7) is 5.67. The molecule has 1 heterocycles. The Kier molecular flexibility index (Phi) is 7.65. The molecule has 7 heteroatoms. The van der Waals surface area contributed by atoms with Gasteiger partial charge in [-0.15, -0.1) is 0 Å². The summed E-state index contributed by atoms with van der Waals surface area (Å²) >= 11 is 0. The fraction of sp³-hybridized carbons (Fsp3) is 0.375. The van der Waals surface area contributed by atoms with E-state index in [0.29, 0.717) is 16.8 Å². The molecule has 1 saturated heterocycles. The van der Waals surface area contributed by atoms with Gasteiger partial charge in [0, 0.05) is 41.6 Å². The lowest BCUT2D eigenvalue weighted by Gasteiger charge is -2.15. The Morgan fingerprint density at radius 2 is 1.68 bits per heavy atom. The summed E-state index contributed by atoms with van der Waals surface area (Å²) in [5.41, 5.74) is 2.48. The summed E-state index contributed by atoms with van der Waals surface area (Å²) in [6, 6.07) is 14.1. The fourth-order valence-corrected chi connectivity index (χ4v) is 3.37. The second kappa shape index (κ2) is 10.6. The third kappa shape index (κ3) is 6.31. The van der Waals surface area contributed by atoms with Crippen molar-refractivity contribution in [3.05, 3.63) is 59.7 Å². The van der Waals surface area contributed by atoms with Crippen molar-refractivity contribution in [1.82, 2.24) is 10.2 Å². The van der Waals surface area contributed by atoms with E-state index in [-0.39, 0.29) is 30.3 Å². The highest BCUT2D eigenvalue weighted by atomic mass is 16.2. The molecule has 3 amide bonds. The van der Waals surface area contributed by atoms with Crippen LogP contribution in [0.4, 0.5) is 11.4 Å². The molecule has 7 nitrogen and oxygen atoms in total. The molecule has 1 fully saturated rings. The molecule has 1 aliphatic heterocycles. The zero-order valence-electron chi connectivity index (χ0n) is 18.1. The van der Waals surface area contributed by atoms with Gasteiger partial charge < -0.3 is 20.9 Å². The number of hydrogen-bond acceptors (Lipinski definition) is 4. The van der Waals surface area contributed by atoms with Crippen molar-refractivity contribution in [2.24, 2.45) is 0 Å². The van der Waals surface area contributed by atoms with Crippen LogP contribution in [-0.4, -0.2) is 48.3 Å². The lowest BCUT2D eigenvalue weighted by atomic mass is 10.1. The quantitative estimate of drug-likeness (QED) is 0.607. The van der Waals surface area contributed by atoms with Gasteiger partial charge in [0.15, 0.2) is 0 Å². The standard InChI is InChI=1S/C24H30N4O3/c1-3-17(2)26-23(30)19-7-6-8-21(15-19)27-22(29)16-25-20-11-9-18(10-12-20)24(31)28-13-4-5-14-28/h6-12,15,17,25H,3-5,13-14,16H2,1-2H3,(H,26,30)(H,27,29). The first-order valence-corrected chi connectivity index (χ1v) is 10.8. The minimum absolute atomic E-state index is 0.0547. The summed E-state index contributed by atoms with van der Waals surface area (Å²) in [4.78, 5) is 38.8. The number of benzene rings is 2. The predicted octanol–water partition coefficient (Wildman–Crippen LogP) is 3.50. The summed E-state index contributed by atoms with van der Waals surface area (Å²) in [7, 11) is 0. The number of hydrogen-bond donors (Lipinski definition) is 3. The summed E-state index contributed by atoms with van der Waals surface area (Å²) in [5, 5.41) is 8.77. The van der Waals surface area contributed by atoms with Crippen LogP contribution < -0.4 is 16.0 Å². The number of carbonyl (C=O) groups excluding carboxylic acids is 3. The molecule has 1 unspecified atom stereocenters. The van der Waals surface area contributed by atoms with Crippen LogP contribution in [0.5, 0.6) is 0 Å². The summed E-state index contributed by atoms with van der Waals surface area (Å²) < 4.78 is 0. The minimum atomic E-state index is -0.225. The first kappa shape index (κ1) is 22.3. The SMILES string of the molecule is CCC(C)NC(=O)c1cccc(NC(=O)CNc2ccc(C(=O)N3CCCC3)cc2)c1. The zero-order valence-corrected chi connectivity index (χ0v) is 18.1. The number of anilines is 2. The maximum Gasteiger partial charge on any atom is 0.253 e. The van der Waals surface area contributed by atoms with Gasteiger partial charge >= 0.3 is 0 Å². The number of rotatable bonds is 8. The van der Waals surface area contributed by atoms with Crippen LogP contribution in [0.2, 0.25) is 0 Å². The van der Waals surface area contributed by atoms with Crippen molar-refractivity contribution in [3.8, 4) is 0 Å². The van der Waals surface area contributed by atoms with Gasteiger partial charge in [-0.05, 0) is 68.7 Å². The molecule has 0 aliphatic carbocycles. The van der Waals surface area contributed by atoms with E-state index in [1.807, 2.05) is 18.7 Å². The lowest BCUT2D eigenvalue weighted by molar-refractivity contribution is -0.114. The third-order valence-corrected chi connectivity index (χ3v) is 5.38. The average molecular weight is 423 g/mol. The van der Waals surface area contributed by atoms with Gasteiger partial charge in [0.2, 0.25) is 5.91 Å². The smallest absolute Gasteiger partial charge is 0.253 e. The molecule has 0 radical (unpaired) electrons. The second-order valence-electron chi connectivity index (χ2n) is 7.84. The van der Waals surface area contributed by atoms with Gasteiger partial charge in [0.1, 0.15) is 0 Å². The van der Waals surface area contributed by atoms with Gasteiger partial charge in [-0.1, -0.05) is 13.0 Å². The maximum absolute atomic E-state index is 12.4. The van der Waals surface area contributed by atoms with Crippen molar-refractivity contribution in [1.29, 1.82) is 0 Å². The fourth-order valence-electron chi connectivity index (χ4n) is 3.37. The first-order chi connectivity index (χ1) is 15.0. The maximum atomic E-state index is 12.4. The van der Waals surface area contributed by atoms with Crippen molar-refractivity contribution >= 4 is 29.1 Å². The largest absolute Gasteiger partial charge is 0.376 e. The average Bonchev–Trinajstić information content (AvgIpc) is 3.32. The van der Waals surface area contributed by atoms with Crippen molar-refractivity contribution < 1.29 is 14.4 Å². The normalized spacial score (nSPS) is 14.1. The van der Waals surface area contributed by atoms with Gasteiger partial charge in [-0.3, -0.25) is 14.4 Å². The van der Waals surface area contributed by atoms with Crippen LogP contribution in [0.1, 0.15) is 53.8 Å². The molecule has 0 saturated carbocycles. The predicted molar refractivity (Wildman–Crippen MR) is 122 cm³/mol. The number of nitrogens with zero attached hydrogens (tertiary/aromatic N) is 1. The Hall–Kier alpha value is -3.35. The zero-order chi connectivity index (χ0) is 22.2. The van der Waals surface area contributed by atoms with Crippen LogP contribution in [0.3, 0.4) is 0 Å². The molecule has 2 aromatic carbocycles. The molecule has 1 atom stereocenters. The van der Waals surface area contributed by atoms with Gasteiger partial charge in [-0.25, -0.2) is 0 Å². The highest BCUT2D eigenvalue weighted by Gasteiger charge is 2.19. The van der Waals surface area contributed by atoms with Crippen molar-refractivity contribution in [2.75, 3.05) is 30.3 Å². The Morgan fingerprint density at radius 1 is 0.968 bits per heavy atom. The molecule has 164 valence electrons. The third-order valence-electron chi connectivity index (χ3n) is 5.38. The molecule has 3 N–H and O–H groups in total. The molecule has 0 spiro atoms. The van der Waals surface area contributed by atoms with E-state index in [1.165, 1.54) is 0 Å². The first-order valence-electron chi connectivity index (χ1n) is 10.8. The minimum Gasteiger partial charge on any atom is -0.376 e. The van der Waals surface area contributed by atoms with E-state index in [0.717, 1.165) is 38.0 Å². The Morgan fingerprint density at radius 3 is 2.35 bits per heavy atom. The van der Waals surface area contributed by atoms with E-state index in [1.54, 1.807) is 48.5 Å². The molecule has 0 bridgehead atoms. The van der Waals surface area contributed by atoms with Gasteiger partial charge in [-0.2, -0.15) is 0 Å². The van der Waals surface area contributed by atoms with E-state index in [2.05, 4.69) is 16.0 Å². The molecular formula is C24H30N4O3. The monoisotopic (exact) mass is 422 g/mol. The highest BCUT2D eigenvalue weighted by molar-refractivity contribution is 5.98. The Balaban J connectivity index is 1.50. The molecule has 2 aromatic rings. The highest BCUT2D eigenvalue weighted by Crippen LogP contribution is 2.16. The van der Waals surface area contributed by atoms with Crippen LogP contribution >= 0.6 is 0 Å². The number of carbonyl (C=O) groups is 3. The van der Waals surface area contributed by atoms with Gasteiger partial charge in [0.05, 0.1) is 6.54 Å². The summed E-state index contributed by atoms with van der Waals surface area (Å²) in [5.74, 6) is -0.331. The van der Waals surface area contributed by atoms with Crippen LogP contribution in [0, 0.1) is 0 Å². The van der Waals surface area contributed by atoms with Crippen molar-refractivity contribution in [3.63, 3.8) is 0 Å². The number of likely N-dealkylation sites (tertiary alicyclic amines) is 1.